The summed E-state index contributed by atoms with van der Waals surface area (Å²) >= 11 is 0. The highest BCUT2D eigenvalue weighted by molar-refractivity contribution is 5.27. The van der Waals surface area contributed by atoms with Crippen LogP contribution in [0.15, 0.2) is 24.3 Å². The van der Waals surface area contributed by atoms with Crippen LogP contribution in [0.25, 0.3) is 0 Å². The molecule has 19 heavy (non-hydrogen) atoms. The van der Waals surface area contributed by atoms with Crippen molar-refractivity contribution >= 4 is 0 Å². The van der Waals surface area contributed by atoms with Crippen LogP contribution in [0.1, 0.15) is 82.8 Å². The van der Waals surface area contributed by atoms with E-state index in [1.807, 2.05) is 0 Å². The van der Waals surface area contributed by atoms with E-state index in [9.17, 15) is 0 Å². The first-order chi connectivity index (χ1) is 9.36. The molecule has 0 aliphatic heterocycles. The molecule has 0 amide bonds. The molecule has 0 heteroatoms. The number of hydrogen-bond acceptors (Lipinski definition) is 0. The van der Waals surface area contributed by atoms with Crippen molar-refractivity contribution in [1.82, 2.24) is 0 Å². The Morgan fingerprint density at radius 3 is 1.89 bits per heavy atom. The zero-order chi connectivity index (χ0) is 13.8. The molecule has 1 rings (SSSR count). The Labute approximate surface area is 120 Å². The average Bonchev–Trinajstić information content (AvgIpc) is 2.44. The molecule has 0 unspecified atom stereocenters. The predicted molar refractivity (Wildman–Crippen MR) is 86.4 cm³/mol. The minimum absolute atomic E-state index is 1.12. The maximum absolute atomic E-state index is 2.29. The lowest BCUT2D eigenvalue weighted by Crippen LogP contribution is -1.88. The van der Waals surface area contributed by atoms with Gasteiger partial charge in [0.25, 0.3) is 0 Å². The van der Waals surface area contributed by atoms with Crippen LogP contribution in [0.2, 0.25) is 0 Å². The fraction of sp³-hybridized carbons (Fsp3) is 0.632. The summed E-state index contributed by atoms with van der Waals surface area (Å²) in [5.41, 5.74) is 2.86. The molecule has 107 valence electrons. The van der Waals surface area contributed by atoms with Crippen molar-refractivity contribution in [3.05, 3.63) is 41.8 Å². The monoisotopic (exact) mass is 259 g/mol. The summed E-state index contributed by atoms with van der Waals surface area (Å²) in [5, 5.41) is 0. The van der Waals surface area contributed by atoms with E-state index in [2.05, 4.69) is 44.5 Å². The second-order valence-electron chi connectivity index (χ2n) is 5.58. The van der Waals surface area contributed by atoms with E-state index in [0.717, 1.165) is 6.42 Å². The van der Waals surface area contributed by atoms with Crippen molar-refractivity contribution in [1.29, 1.82) is 0 Å². The second-order valence-corrected chi connectivity index (χ2v) is 5.58. The van der Waals surface area contributed by atoms with Gasteiger partial charge >= 0.3 is 0 Å². The minimum Gasteiger partial charge on any atom is -0.0654 e. The van der Waals surface area contributed by atoms with Crippen molar-refractivity contribution < 1.29 is 0 Å². The largest absolute Gasteiger partial charge is 0.0654 e. The summed E-state index contributed by atoms with van der Waals surface area (Å²) in [6.45, 7) is 4.47. The van der Waals surface area contributed by atoms with E-state index < -0.39 is 0 Å². The maximum Gasteiger partial charge on any atom is -0.00958 e. The molecular weight excluding hydrogens is 228 g/mol. The molecule has 0 saturated heterocycles. The summed E-state index contributed by atoms with van der Waals surface area (Å²) in [6.07, 6.45) is 15.9. The Bertz CT molecular complexity index is 296. The molecule has 0 bridgehead atoms. The van der Waals surface area contributed by atoms with Gasteiger partial charge in [0.1, 0.15) is 0 Å². The Morgan fingerprint density at radius 1 is 0.737 bits per heavy atom. The summed E-state index contributed by atoms with van der Waals surface area (Å²) in [6, 6.07) is 9.10. The normalized spacial score (nSPS) is 10.8. The van der Waals surface area contributed by atoms with Crippen molar-refractivity contribution in [3.8, 4) is 0 Å². The summed E-state index contributed by atoms with van der Waals surface area (Å²) in [4.78, 5) is 0. The van der Waals surface area contributed by atoms with E-state index in [-0.39, 0.29) is 0 Å². The van der Waals surface area contributed by atoms with Gasteiger partial charge in [-0.05, 0) is 36.8 Å². The predicted octanol–water partition coefficient (Wildman–Crippen LogP) is 6.33. The lowest BCUT2D eigenvalue weighted by Gasteiger charge is -2.04. The number of rotatable bonds is 11. The Balaban J connectivity index is 2.02. The molecule has 0 atom stereocenters. The highest BCUT2D eigenvalue weighted by atomic mass is 14.0. The van der Waals surface area contributed by atoms with Crippen LogP contribution in [0, 0.1) is 6.42 Å². The van der Waals surface area contributed by atoms with Crippen LogP contribution >= 0.6 is 0 Å². The average molecular weight is 259 g/mol. The van der Waals surface area contributed by atoms with Crippen molar-refractivity contribution in [2.45, 2.75) is 78.1 Å². The van der Waals surface area contributed by atoms with Gasteiger partial charge < -0.3 is 0 Å². The molecular formula is C19H31. The molecule has 0 heterocycles. The molecule has 0 spiro atoms. The van der Waals surface area contributed by atoms with Gasteiger partial charge in [-0.2, -0.15) is 0 Å². The number of aryl methyl sites for hydroxylation is 1. The lowest BCUT2D eigenvalue weighted by molar-refractivity contribution is 0.575. The zero-order valence-electron chi connectivity index (χ0n) is 13.0. The molecule has 1 radical (unpaired) electrons. The molecule has 0 nitrogen and oxygen atoms in total. The zero-order valence-corrected chi connectivity index (χ0v) is 13.0. The molecule has 0 aromatic heterocycles. The first-order valence-corrected chi connectivity index (χ1v) is 8.29. The van der Waals surface area contributed by atoms with Gasteiger partial charge in [-0.25, -0.2) is 0 Å². The third kappa shape index (κ3) is 8.08. The maximum atomic E-state index is 2.29. The number of hydrogen-bond donors (Lipinski definition) is 0. The SMILES string of the molecule is CC[CH]c1ccc(CCCCCCCCCC)cc1. The lowest BCUT2D eigenvalue weighted by atomic mass is 10.0. The van der Waals surface area contributed by atoms with E-state index in [1.54, 1.807) is 0 Å². The summed E-state index contributed by atoms with van der Waals surface area (Å²) in [7, 11) is 0. The molecule has 1 aromatic carbocycles. The molecule has 1 aromatic rings. The fourth-order valence-electron chi connectivity index (χ4n) is 2.52. The van der Waals surface area contributed by atoms with Gasteiger partial charge in [0, 0.05) is 0 Å². The summed E-state index contributed by atoms with van der Waals surface area (Å²) < 4.78 is 0. The van der Waals surface area contributed by atoms with E-state index in [1.165, 1.54) is 68.9 Å². The third-order valence-electron chi connectivity index (χ3n) is 3.74. The van der Waals surface area contributed by atoms with Crippen LogP contribution in [-0.2, 0) is 6.42 Å². The summed E-state index contributed by atoms with van der Waals surface area (Å²) in [5.74, 6) is 0. The Hall–Kier alpha value is -0.780. The molecule has 0 fully saturated rings. The first kappa shape index (κ1) is 16.3. The van der Waals surface area contributed by atoms with Gasteiger partial charge in [0.05, 0.1) is 0 Å². The Morgan fingerprint density at radius 2 is 1.32 bits per heavy atom. The number of unbranched alkanes of at least 4 members (excludes halogenated alkanes) is 7. The van der Waals surface area contributed by atoms with Crippen LogP contribution in [0.4, 0.5) is 0 Å². The van der Waals surface area contributed by atoms with E-state index in [4.69, 9.17) is 0 Å². The van der Waals surface area contributed by atoms with Crippen molar-refractivity contribution in [2.24, 2.45) is 0 Å². The molecule has 0 aliphatic carbocycles. The molecule has 0 saturated carbocycles. The van der Waals surface area contributed by atoms with Gasteiger partial charge in [-0.15, -0.1) is 0 Å². The standard InChI is InChI=1S/C19H31/c1-3-5-6-7-8-9-10-11-13-19-16-14-18(12-4-2)15-17-19/h12,14-17H,3-11,13H2,1-2H3. The second kappa shape index (κ2) is 11.1. The van der Waals surface area contributed by atoms with E-state index >= 15 is 0 Å². The van der Waals surface area contributed by atoms with Crippen LogP contribution in [0.5, 0.6) is 0 Å². The van der Waals surface area contributed by atoms with Gasteiger partial charge in [0.2, 0.25) is 0 Å². The highest BCUT2D eigenvalue weighted by Gasteiger charge is 1.96. The number of benzene rings is 1. The van der Waals surface area contributed by atoms with Gasteiger partial charge in [-0.3, -0.25) is 0 Å². The fourth-order valence-corrected chi connectivity index (χ4v) is 2.52. The van der Waals surface area contributed by atoms with Crippen molar-refractivity contribution in [3.63, 3.8) is 0 Å². The third-order valence-corrected chi connectivity index (χ3v) is 3.74. The van der Waals surface area contributed by atoms with E-state index in [0.29, 0.717) is 0 Å². The van der Waals surface area contributed by atoms with Crippen molar-refractivity contribution in [2.75, 3.05) is 0 Å². The van der Waals surface area contributed by atoms with Crippen LogP contribution < -0.4 is 0 Å². The smallest absolute Gasteiger partial charge is 0.00958 e. The quantitative estimate of drug-likeness (QED) is 0.407. The van der Waals surface area contributed by atoms with Gasteiger partial charge in [0.15, 0.2) is 0 Å². The highest BCUT2D eigenvalue weighted by Crippen LogP contribution is 2.13. The van der Waals surface area contributed by atoms with Crippen LogP contribution in [-0.4, -0.2) is 0 Å². The van der Waals surface area contributed by atoms with Crippen LogP contribution in [0.3, 0.4) is 0 Å². The first-order valence-electron chi connectivity index (χ1n) is 8.29. The Kier molecular flexibility index (Phi) is 9.49. The molecule has 0 N–H and O–H groups in total. The minimum atomic E-state index is 1.12. The molecule has 0 aliphatic rings. The van der Waals surface area contributed by atoms with Gasteiger partial charge in [-0.1, -0.05) is 83.1 Å². The topological polar surface area (TPSA) is 0 Å².